The van der Waals surface area contributed by atoms with Gasteiger partial charge in [0.2, 0.25) is 5.91 Å². The molecule has 2 N–H and O–H groups in total. The van der Waals surface area contributed by atoms with Gasteiger partial charge in [-0.25, -0.2) is 0 Å². The van der Waals surface area contributed by atoms with Crippen LogP contribution in [0.1, 0.15) is 64.7 Å². The zero-order valence-corrected chi connectivity index (χ0v) is 20.8. The van der Waals surface area contributed by atoms with Crippen molar-refractivity contribution in [1.82, 2.24) is 20.4 Å². The molecule has 2 atom stereocenters. The topological polar surface area (TPSA) is 60.0 Å². The van der Waals surface area contributed by atoms with Crippen LogP contribution in [-0.2, 0) is 4.79 Å². The van der Waals surface area contributed by atoms with Crippen LogP contribution in [0.25, 0.3) is 0 Å². The van der Waals surface area contributed by atoms with Crippen LogP contribution in [-0.4, -0.2) is 74.0 Å². The number of guanidine groups is 1. The van der Waals surface area contributed by atoms with Crippen molar-refractivity contribution in [3.05, 3.63) is 0 Å². The van der Waals surface area contributed by atoms with Crippen LogP contribution in [0.5, 0.6) is 0 Å². The molecular weight excluding hydrogens is 477 g/mol. The molecule has 2 aliphatic carbocycles. The highest BCUT2D eigenvalue weighted by Gasteiger charge is 2.29. The molecule has 2 saturated carbocycles. The van der Waals surface area contributed by atoms with Crippen molar-refractivity contribution in [2.75, 3.05) is 46.3 Å². The highest BCUT2D eigenvalue weighted by molar-refractivity contribution is 14.0. The van der Waals surface area contributed by atoms with Crippen molar-refractivity contribution < 1.29 is 4.79 Å². The van der Waals surface area contributed by atoms with Gasteiger partial charge in [0.15, 0.2) is 5.96 Å². The molecule has 7 heteroatoms. The van der Waals surface area contributed by atoms with E-state index in [1.54, 1.807) is 0 Å². The molecule has 1 saturated heterocycles. The summed E-state index contributed by atoms with van der Waals surface area (Å²) in [5.74, 6) is 2.54. The van der Waals surface area contributed by atoms with E-state index in [1.807, 2.05) is 7.05 Å². The van der Waals surface area contributed by atoms with E-state index in [0.717, 1.165) is 64.0 Å². The summed E-state index contributed by atoms with van der Waals surface area (Å²) in [5.41, 5.74) is 0. The lowest BCUT2D eigenvalue weighted by molar-refractivity contribution is -0.137. The third-order valence-electron chi connectivity index (χ3n) is 7.03. The summed E-state index contributed by atoms with van der Waals surface area (Å²) in [4.78, 5) is 21.5. The van der Waals surface area contributed by atoms with E-state index in [-0.39, 0.29) is 24.0 Å². The van der Waals surface area contributed by atoms with E-state index in [2.05, 4.69) is 32.3 Å². The van der Waals surface area contributed by atoms with Gasteiger partial charge in [-0.1, -0.05) is 39.0 Å². The minimum Gasteiger partial charge on any atom is -0.355 e. The molecule has 0 bridgehead atoms. The largest absolute Gasteiger partial charge is 0.355 e. The van der Waals surface area contributed by atoms with Crippen LogP contribution < -0.4 is 10.6 Å². The maximum atomic E-state index is 12.6. The van der Waals surface area contributed by atoms with Crippen molar-refractivity contribution in [3.8, 4) is 0 Å². The average Bonchev–Trinajstić information content (AvgIpc) is 3.28. The molecule has 0 spiro atoms. The van der Waals surface area contributed by atoms with E-state index in [0.29, 0.717) is 17.9 Å². The highest BCUT2D eigenvalue weighted by atomic mass is 127. The third-order valence-corrected chi connectivity index (χ3v) is 7.03. The van der Waals surface area contributed by atoms with Gasteiger partial charge in [0.25, 0.3) is 0 Å². The molecule has 0 radical (unpaired) electrons. The number of carbonyl (C=O) groups excluding carboxylic acids is 1. The van der Waals surface area contributed by atoms with Crippen LogP contribution in [0, 0.1) is 11.8 Å². The van der Waals surface area contributed by atoms with Crippen molar-refractivity contribution >= 4 is 35.8 Å². The number of piperazine rings is 1. The highest BCUT2D eigenvalue weighted by Crippen LogP contribution is 2.27. The smallest absolute Gasteiger partial charge is 0.225 e. The molecule has 3 fully saturated rings. The lowest BCUT2D eigenvalue weighted by Gasteiger charge is -2.36. The second-order valence-corrected chi connectivity index (χ2v) is 8.93. The molecule has 0 aromatic rings. The quantitative estimate of drug-likeness (QED) is 0.322. The van der Waals surface area contributed by atoms with E-state index in [4.69, 9.17) is 0 Å². The number of rotatable bonds is 6. The van der Waals surface area contributed by atoms with Crippen LogP contribution in [0.4, 0.5) is 0 Å². The molecule has 0 aromatic heterocycles. The standard InChI is InChI=1S/C22H41N5O.HI/c1-3-18-7-6-10-20(17-18)25-22(23-2)24-11-12-26-13-15-27(16-14-26)21(28)19-8-4-5-9-19;/h18-20H,3-17H2,1-2H3,(H2,23,24,25);1H. The maximum absolute atomic E-state index is 12.6. The van der Waals surface area contributed by atoms with Gasteiger partial charge in [-0.05, 0) is 31.6 Å². The molecular formula is C22H42IN5O. The van der Waals surface area contributed by atoms with Crippen LogP contribution >= 0.6 is 24.0 Å². The fraction of sp³-hybridized carbons (Fsp3) is 0.909. The fourth-order valence-corrected chi connectivity index (χ4v) is 5.14. The molecule has 2 unspecified atom stereocenters. The van der Waals surface area contributed by atoms with Gasteiger partial charge in [-0.2, -0.15) is 0 Å². The van der Waals surface area contributed by atoms with Gasteiger partial charge in [0, 0.05) is 58.3 Å². The van der Waals surface area contributed by atoms with Crippen molar-refractivity contribution in [2.45, 2.75) is 70.8 Å². The summed E-state index contributed by atoms with van der Waals surface area (Å²) in [6, 6.07) is 0.565. The number of hydrogen-bond donors (Lipinski definition) is 2. The number of nitrogens with one attached hydrogen (secondary N) is 2. The predicted molar refractivity (Wildman–Crippen MR) is 131 cm³/mol. The first-order chi connectivity index (χ1) is 13.7. The summed E-state index contributed by atoms with van der Waals surface area (Å²) in [7, 11) is 1.86. The summed E-state index contributed by atoms with van der Waals surface area (Å²) < 4.78 is 0. The number of halogens is 1. The molecule has 6 nitrogen and oxygen atoms in total. The van der Waals surface area contributed by atoms with Crippen molar-refractivity contribution in [3.63, 3.8) is 0 Å². The first-order valence-corrected chi connectivity index (χ1v) is 11.7. The number of nitrogens with zero attached hydrogens (tertiary/aromatic N) is 3. The second kappa shape index (κ2) is 13.0. The lowest BCUT2D eigenvalue weighted by atomic mass is 9.84. The fourth-order valence-electron chi connectivity index (χ4n) is 5.14. The zero-order chi connectivity index (χ0) is 19.8. The van der Waals surface area contributed by atoms with Gasteiger partial charge >= 0.3 is 0 Å². The summed E-state index contributed by atoms with van der Waals surface area (Å²) in [6.45, 7) is 7.99. The Labute approximate surface area is 194 Å². The van der Waals surface area contributed by atoms with Crippen molar-refractivity contribution in [1.29, 1.82) is 0 Å². The number of amides is 1. The van der Waals surface area contributed by atoms with Gasteiger partial charge in [0.05, 0.1) is 0 Å². The maximum Gasteiger partial charge on any atom is 0.225 e. The van der Waals surface area contributed by atoms with Crippen molar-refractivity contribution in [2.24, 2.45) is 16.8 Å². The minimum atomic E-state index is 0. The SMILES string of the molecule is CCC1CCCC(NC(=NC)NCCN2CCN(C(=O)C3CCCC3)CC2)C1.I. The molecule has 3 aliphatic rings. The Morgan fingerprint density at radius 2 is 1.76 bits per heavy atom. The Kier molecular flexibility index (Phi) is 11.0. The van der Waals surface area contributed by atoms with Gasteiger partial charge in [0.1, 0.15) is 0 Å². The molecule has 3 rings (SSSR count). The number of hydrogen-bond acceptors (Lipinski definition) is 3. The number of carbonyl (C=O) groups is 1. The van der Waals surface area contributed by atoms with Gasteiger partial charge in [-0.15, -0.1) is 24.0 Å². The first kappa shape index (κ1) is 24.7. The van der Waals surface area contributed by atoms with E-state index < -0.39 is 0 Å². The Morgan fingerprint density at radius 3 is 2.41 bits per heavy atom. The Hall–Kier alpha value is -0.570. The predicted octanol–water partition coefficient (Wildman–Crippen LogP) is 3.07. The van der Waals surface area contributed by atoms with E-state index in [9.17, 15) is 4.79 Å². The number of aliphatic imine (C=N–C) groups is 1. The second-order valence-electron chi connectivity index (χ2n) is 8.93. The molecule has 1 aliphatic heterocycles. The van der Waals surface area contributed by atoms with E-state index in [1.165, 1.54) is 44.9 Å². The Bertz CT molecular complexity index is 515. The summed E-state index contributed by atoms with van der Waals surface area (Å²) >= 11 is 0. The van der Waals surface area contributed by atoms with Gasteiger partial charge in [-0.3, -0.25) is 14.7 Å². The normalized spacial score (nSPS) is 26.8. The van der Waals surface area contributed by atoms with Gasteiger partial charge < -0.3 is 15.5 Å². The Morgan fingerprint density at radius 1 is 1.03 bits per heavy atom. The summed E-state index contributed by atoms with van der Waals surface area (Å²) in [5, 5.41) is 7.12. The average molecular weight is 520 g/mol. The van der Waals surface area contributed by atoms with Crippen LogP contribution in [0.3, 0.4) is 0 Å². The molecule has 29 heavy (non-hydrogen) atoms. The van der Waals surface area contributed by atoms with Crippen LogP contribution in [0.2, 0.25) is 0 Å². The Balaban J connectivity index is 0.00000300. The minimum absolute atomic E-state index is 0. The molecule has 1 amide bonds. The van der Waals surface area contributed by atoms with Crippen LogP contribution in [0.15, 0.2) is 4.99 Å². The first-order valence-electron chi connectivity index (χ1n) is 11.7. The zero-order valence-electron chi connectivity index (χ0n) is 18.5. The molecule has 168 valence electrons. The lowest BCUT2D eigenvalue weighted by Crippen LogP contribution is -2.52. The monoisotopic (exact) mass is 519 g/mol. The summed E-state index contributed by atoms with van der Waals surface area (Å²) in [6.07, 6.45) is 11.2. The van der Waals surface area contributed by atoms with E-state index >= 15 is 0 Å². The molecule has 0 aromatic carbocycles. The molecule has 1 heterocycles. The third kappa shape index (κ3) is 7.56.